The van der Waals surface area contributed by atoms with E-state index in [-0.39, 0.29) is 5.82 Å². The smallest absolute Gasteiger partial charge is 0.271 e. The molecule has 0 radical (unpaired) electrons. The molecule has 2 aromatic rings. The minimum absolute atomic E-state index is 0.238. The lowest BCUT2D eigenvalue weighted by atomic mass is 10.0. The number of H-pyrrole nitrogens is 1. The van der Waals surface area contributed by atoms with Crippen molar-refractivity contribution < 1.29 is 0 Å². The van der Waals surface area contributed by atoms with Crippen LogP contribution >= 0.6 is 0 Å². The van der Waals surface area contributed by atoms with Gasteiger partial charge in [-0.1, -0.05) is 30.3 Å². The van der Waals surface area contributed by atoms with Gasteiger partial charge in [0.05, 0.1) is 11.8 Å². The van der Waals surface area contributed by atoms with Crippen LogP contribution in [0, 0.1) is 0 Å². The van der Waals surface area contributed by atoms with Gasteiger partial charge in [0.1, 0.15) is 0 Å². The van der Waals surface area contributed by atoms with Crippen LogP contribution in [0.2, 0.25) is 0 Å². The molecule has 0 amide bonds. The topological polar surface area (TPSA) is 130 Å². The first-order valence-corrected chi connectivity index (χ1v) is 5.89. The summed E-state index contributed by atoms with van der Waals surface area (Å²) in [5, 5.41) is 22.2. The quantitative estimate of drug-likeness (QED) is 0.734. The molecule has 0 spiro atoms. The number of hydrogen-bond donors (Lipinski definition) is 3. The molecule has 1 aliphatic rings. The molecule has 0 fully saturated rings. The molecular formula is C12H12N8. The molecule has 1 aromatic carbocycles. The molecule has 0 saturated carbocycles. The van der Waals surface area contributed by atoms with Gasteiger partial charge in [0, 0.05) is 6.07 Å². The highest BCUT2D eigenvalue weighted by atomic mass is 15.4. The number of nitrogens with two attached hydrogens (primary N) is 2. The summed E-state index contributed by atoms with van der Waals surface area (Å²) in [6, 6.07) is 11.0. The molecule has 8 heteroatoms. The fourth-order valence-electron chi connectivity index (χ4n) is 1.89. The van der Waals surface area contributed by atoms with Crippen LogP contribution in [0.1, 0.15) is 5.56 Å². The van der Waals surface area contributed by atoms with Gasteiger partial charge in [-0.3, -0.25) is 10.8 Å². The lowest BCUT2D eigenvalue weighted by Crippen LogP contribution is -2.35. The first kappa shape index (κ1) is 12.2. The van der Waals surface area contributed by atoms with Crippen molar-refractivity contribution in [2.45, 2.75) is 5.79 Å². The Hall–Kier alpha value is -2.87. The van der Waals surface area contributed by atoms with E-state index in [2.05, 4.69) is 30.7 Å². The zero-order valence-corrected chi connectivity index (χ0v) is 10.4. The van der Waals surface area contributed by atoms with Crippen molar-refractivity contribution in [2.75, 3.05) is 0 Å². The third kappa shape index (κ3) is 2.08. The van der Waals surface area contributed by atoms with E-state index in [1.807, 2.05) is 30.3 Å². The lowest BCUT2D eigenvalue weighted by molar-refractivity contribution is 0.564. The van der Waals surface area contributed by atoms with Gasteiger partial charge in [0.25, 0.3) is 5.79 Å². The van der Waals surface area contributed by atoms with Crippen molar-refractivity contribution in [3.8, 4) is 0 Å². The third-order valence-corrected chi connectivity index (χ3v) is 2.79. The number of rotatable bonds is 3. The molecule has 1 aromatic heterocycles. The van der Waals surface area contributed by atoms with Crippen LogP contribution < -0.4 is 11.5 Å². The van der Waals surface area contributed by atoms with Crippen molar-refractivity contribution in [3.05, 3.63) is 54.0 Å². The summed E-state index contributed by atoms with van der Waals surface area (Å²) in [4.78, 5) is 0. The normalized spacial score (nSPS) is 22.1. The van der Waals surface area contributed by atoms with Crippen molar-refractivity contribution in [1.82, 2.24) is 10.2 Å². The molecule has 20 heavy (non-hydrogen) atoms. The third-order valence-electron chi connectivity index (χ3n) is 2.79. The molecule has 0 saturated heterocycles. The summed E-state index contributed by atoms with van der Waals surface area (Å²) in [7, 11) is 0. The average molecular weight is 268 g/mol. The van der Waals surface area contributed by atoms with Crippen LogP contribution in [-0.2, 0) is 0 Å². The van der Waals surface area contributed by atoms with Gasteiger partial charge >= 0.3 is 0 Å². The maximum absolute atomic E-state index is 6.15. The Morgan fingerprint density at radius 2 is 1.95 bits per heavy atom. The van der Waals surface area contributed by atoms with E-state index in [0.29, 0.717) is 11.4 Å². The summed E-state index contributed by atoms with van der Waals surface area (Å²) in [6.45, 7) is 0. The number of hydrogen-bond acceptors (Lipinski definition) is 7. The van der Waals surface area contributed by atoms with Crippen LogP contribution in [0.5, 0.6) is 0 Å². The number of azo groups is 2. The maximum Gasteiger partial charge on any atom is 0.271 e. The molecule has 0 aliphatic carbocycles. The minimum atomic E-state index is -1.42. The second kappa shape index (κ2) is 4.67. The monoisotopic (exact) mass is 268 g/mol. The Bertz CT molecular complexity index is 686. The summed E-state index contributed by atoms with van der Waals surface area (Å²) in [5.41, 5.74) is 13.3. The van der Waals surface area contributed by atoms with Crippen LogP contribution in [0.25, 0.3) is 5.57 Å². The van der Waals surface area contributed by atoms with Gasteiger partial charge in [-0.25, -0.2) is 0 Å². The standard InChI is InChI=1S/C12H12N8/c13-11-10(8-4-2-1-3-5-8)12(14,20-18-11)19-17-9-6-7-15-16-9/h1-7H,13-14H2,(H,15,16)/t12-/m1/s1. The van der Waals surface area contributed by atoms with Crippen LogP contribution in [0.4, 0.5) is 5.82 Å². The van der Waals surface area contributed by atoms with Crippen molar-refractivity contribution >= 4 is 11.4 Å². The summed E-state index contributed by atoms with van der Waals surface area (Å²) >= 11 is 0. The number of nitrogens with one attached hydrogen (secondary N) is 1. The van der Waals surface area contributed by atoms with E-state index < -0.39 is 5.79 Å². The highest BCUT2D eigenvalue weighted by Gasteiger charge is 2.37. The average Bonchev–Trinajstić information content (AvgIpc) is 3.07. The van der Waals surface area contributed by atoms with E-state index in [4.69, 9.17) is 11.5 Å². The predicted molar refractivity (Wildman–Crippen MR) is 72.4 cm³/mol. The van der Waals surface area contributed by atoms with Gasteiger partial charge < -0.3 is 5.73 Å². The Kier molecular flexibility index (Phi) is 2.84. The molecule has 0 bridgehead atoms. The van der Waals surface area contributed by atoms with Crippen molar-refractivity contribution in [3.63, 3.8) is 0 Å². The van der Waals surface area contributed by atoms with Crippen LogP contribution in [-0.4, -0.2) is 16.0 Å². The second-order valence-corrected chi connectivity index (χ2v) is 4.19. The molecule has 0 unspecified atom stereocenters. The highest BCUT2D eigenvalue weighted by Crippen LogP contribution is 2.35. The van der Waals surface area contributed by atoms with Gasteiger partial charge in [-0.15, -0.1) is 20.5 Å². The fraction of sp³-hybridized carbons (Fsp3) is 0.0833. The van der Waals surface area contributed by atoms with E-state index in [1.54, 1.807) is 12.3 Å². The Labute approximate surface area is 114 Å². The number of aromatic amines is 1. The number of benzene rings is 1. The van der Waals surface area contributed by atoms with E-state index in [9.17, 15) is 0 Å². The maximum atomic E-state index is 6.15. The van der Waals surface area contributed by atoms with Crippen molar-refractivity contribution in [1.29, 1.82) is 0 Å². The van der Waals surface area contributed by atoms with Gasteiger partial charge in [-0.05, 0) is 5.56 Å². The largest absolute Gasteiger partial charge is 0.382 e. The first-order valence-electron chi connectivity index (χ1n) is 5.89. The zero-order valence-electron chi connectivity index (χ0n) is 10.4. The molecule has 1 aliphatic heterocycles. The fourth-order valence-corrected chi connectivity index (χ4v) is 1.89. The predicted octanol–water partition coefficient (Wildman–Crippen LogP) is 1.90. The van der Waals surface area contributed by atoms with Gasteiger partial charge in [0.15, 0.2) is 11.6 Å². The Balaban J connectivity index is 1.98. The summed E-state index contributed by atoms with van der Waals surface area (Å²) in [6.07, 6.45) is 1.57. The molecule has 5 N–H and O–H groups in total. The minimum Gasteiger partial charge on any atom is -0.382 e. The molecule has 8 nitrogen and oxygen atoms in total. The number of nitrogens with zero attached hydrogens (tertiary/aromatic N) is 5. The molecule has 1 atom stereocenters. The van der Waals surface area contributed by atoms with Gasteiger partial charge in [-0.2, -0.15) is 5.10 Å². The van der Waals surface area contributed by atoms with E-state index in [1.165, 1.54) is 0 Å². The number of aromatic nitrogens is 2. The Morgan fingerprint density at radius 1 is 1.15 bits per heavy atom. The van der Waals surface area contributed by atoms with Crippen molar-refractivity contribution in [2.24, 2.45) is 31.9 Å². The Morgan fingerprint density at radius 3 is 2.65 bits per heavy atom. The van der Waals surface area contributed by atoms with E-state index in [0.717, 1.165) is 5.56 Å². The summed E-state index contributed by atoms with van der Waals surface area (Å²) < 4.78 is 0. The van der Waals surface area contributed by atoms with Crippen LogP contribution in [0.3, 0.4) is 0 Å². The molecule has 2 heterocycles. The zero-order chi connectivity index (χ0) is 14.0. The SMILES string of the molecule is NC1=C(c2ccccc2)[C@@](N)(N=Nc2ccn[nH]2)N=N1. The highest BCUT2D eigenvalue weighted by molar-refractivity contribution is 5.75. The second-order valence-electron chi connectivity index (χ2n) is 4.19. The summed E-state index contributed by atoms with van der Waals surface area (Å²) in [5.74, 6) is -0.707. The molecule has 100 valence electrons. The molecular weight excluding hydrogens is 256 g/mol. The first-order chi connectivity index (χ1) is 9.69. The van der Waals surface area contributed by atoms with E-state index >= 15 is 0 Å². The van der Waals surface area contributed by atoms with Crippen LogP contribution in [0.15, 0.2) is 68.9 Å². The molecule has 3 rings (SSSR count). The lowest BCUT2D eigenvalue weighted by Gasteiger charge is -2.17. The van der Waals surface area contributed by atoms with Gasteiger partial charge in [0.2, 0.25) is 0 Å².